The molecule has 1 rings (SSSR count). The monoisotopic (exact) mass is 148 g/mol. The molecule has 11 heavy (non-hydrogen) atoms. The highest BCUT2D eigenvalue weighted by atomic mass is 16.3. The van der Waals surface area contributed by atoms with Crippen molar-refractivity contribution in [3.63, 3.8) is 0 Å². The molecule has 0 aliphatic rings. The highest BCUT2D eigenvalue weighted by Gasteiger charge is 1.92. The molecule has 1 aromatic rings. The summed E-state index contributed by atoms with van der Waals surface area (Å²) in [6, 6.07) is 8.05. The predicted molar refractivity (Wildman–Crippen MR) is 46.7 cm³/mol. The lowest BCUT2D eigenvalue weighted by molar-refractivity contribution is 0.401. The Hall–Kier alpha value is -1.24. The zero-order valence-electron chi connectivity index (χ0n) is 6.67. The van der Waals surface area contributed by atoms with Crippen LogP contribution in [0.5, 0.6) is 0 Å². The van der Waals surface area contributed by atoms with Gasteiger partial charge in [-0.2, -0.15) is 0 Å². The highest BCUT2D eigenvalue weighted by Crippen LogP contribution is 2.06. The van der Waals surface area contributed by atoms with Gasteiger partial charge in [0, 0.05) is 6.42 Å². The van der Waals surface area contributed by atoms with Crippen LogP contribution in [0.4, 0.5) is 0 Å². The fourth-order valence-electron chi connectivity index (χ4n) is 0.942. The second-order valence-corrected chi connectivity index (χ2v) is 2.73. The third-order valence-corrected chi connectivity index (χ3v) is 1.53. The molecule has 0 amide bonds. The van der Waals surface area contributed by atoms with Crippen molar-refractivity contribution in [1.29, 1.82) is 0 Å². The molecule has 58 valence electrons. The smallest absolute Gasteiger partial charge is 0.0894 e. The number of allylic oxidation sites excluding steroid dienone is 1. The lowest BCUT2D eigenvalue weighted by Crippen LogP contribution is -1.86. The van der Waals surface area contributed by atoms with E-state index in [9.17, 15) is 0 Å². The summed E-state index contributed by atoms with van der Waals surface area (Å²) in [7, 11) is 0. The summed E-state index contributed by atoms with van der Waals surface area (Å²) in [6.45, 7) is 5.47. The number of aryl methyl sites for hydroxylation is 1. The first kappa shape index (κ1) is 7.86. The number of aliphatic hydroxyl groups excluding tert-OH is 1. The van der Waals surface area contributed by atoms with Crippen molar-refractivity contribution in [2.24, 2.45) is 0 Å². The van der Waals surface area contributed by atoms with Crippen LogP contribution in [0.15, 0.2) is 36.6 Å². The van der Waals surface area contributed by atoms with Crippen LogP contribution >= 0.6 is 0 Å². The van der Waals surface area contributed by atoms with Gasteiger partial charge in [-0.05, 0) is 12.5 Å². The summed E-state index contributed by atoms with van der Waals surface area (Å²) in [4.78, 5) is 0. The largest absolute Gasteiger partial charge is 0.513 e. The maximum absolute atomic E-state index is 8.88. The molecule has 1 nitrogen and oxygen atoms in total. The predicted octanol–water partition coefficient (Wildman–Crippen LogP) is 2.61. The van der Waals surface area contributed by atoms with E-state index in [0.717, 1.165) is 5.56 Å². The topological polar surface area (TPSA) is 20.2 Å². The van der Waals surface area contributed by atoms with Crippen LogP contribution < -0.4 is 0 Å². The van der Waals surface area contributed by atoms with Crippen molar-refractivity contribution in [3.8, 4) is 0 Å². The SMILES string of the molecule is C=C(O)Cc1ccc(C)cc1. The quantitative estimate of drug-likeness (QED) is 0.639. The second kappa shape index (κ2) is 3.24. The number of benzene rings is 1. The third kappa shape index (κ3) is 2.46. The molecule has 0 aromatic heterocycles. The molecule has 0 aliphatic heterocycles. The van der Waals surface area contributed by atoms with Crippen LogP contribution in [-0.4, -0.2) is 5.11 Å². The Morgan fingerprint density at radius 3 is 2.36 bits per heavy atom. The highest BCUT2D eigenvalue weighted by molar-refractivity contribution is 5.23. The van der Waals surface area contributed by atoms with E-state index in [-0.39, 0.29) is 5.76 Å². The zero-order valence-corrected chi connectivity index (χ0v) is 6.67. The van der Waals surface area contributed by atoms with E-state index in [1.54, 1.807) is 0 Å². The van der Waals surface area contributed by atoms with Crippen LogP contribution in [0.25, 0.3) is 0 Å². The fourth-order valence-corrected chi connectivity index (χ4v) is 0.942. The molecule has 0 fully saturated rings. The second-order valence-electron chi connectivity index (χ2n) is 2.73. The minimum absolute atomic E-state index is 0.217. The number of rotatable bonds is 2. The average Bonchev–Trinajstić information content (AvgIpc) is 1.93. The first-order valence-electron chi connectivity index (χ1n) is 3.61. The molecule has 0 radical (unpaired) electrons. The summed E-state index contributed by atoms with van der Waals surface area (Å²) in [5.41, 5.74) is 2.33. The first-order chi connectivity index (χ1) is 5.18. The molecular formula is C10H12O. The Bertz CT molecular complexity index is 246. The van der Waals surface area contributed by atoms with E-state index in [1.807, 2.05) is 31.2 Å². The van der Waals surface area contributed by atoms with Crippen LogP contribution in [0.1, 0.15) is 11.1 Å². The van der Waals surface area contributed by atoms with Gasteiger partial charge in [0.2, 0.25) is 0 Å². The van der Waals surface area contributed by atoms with E-state index >= 15 is 0 Å². The average molecular weight is 148 g/mol. The van der Waals surface area contributed by atoms with Gasteiger partial charge in [0.15, 0.2) is 0 Å². The van der Waals surface area contributed by atoms with Gasteiger partial charge in [0.25, 0.3) is 0 Å². The maximum Gasteiger partial charge on any atom is 0.0894 e. The minimum Gasteiger partial charge on any atom is -0.513 e. The van der Waals surface area contributed by atoms with Crippen LogP contribution in [0.3, 0.4) is 0 Å². The summed E-state index contributed by atoms with van der Waals surface area (Å²) >= 11 is 0. The first-order valence-corrected chi connectivity index (χ1v) is 3.61. The van der Waals surface area contributed by atoms with Crippen molar-refractivity contribution < 1.29 is 5.11 Å². The Kier molecular flexibility index (Phi) is 2.32. The Labute approximate surface area is 67.0 Å². The Morgan fingerprint density at radius 1 is 1.36 bits per heavy atom. The lowest BCUT2D eigenvalue weighted by Gasteiger charge is -1.98. The summed E-state index contributed by atoms with van der Waals surface area (Å²) < 4.78 is 0. The molecule has 0 heterocycles. The van der Waals surface area contributed by atoms with E-state index in [1.165, 1.54) is 5.56 Å². The molecular weight excluding hydrogens is 136 g/mol. The molecule has 0 unspecified atom stereocenters. The Balaban J connectivity index is 2.74. The minimum atomic E-state index is 0.217. The van der Waals surface area contributed by atoms with Crippen molar-refractivity contribution in [2.75, 3.05) is 0 Å². The fraction of sp³-hybridized carbons (Fsp3) is 0.200. The molecule has 0 atom stereocenters. The number of aliphatic hydroxyl groups is 1. The van der Waals surface area contributed by atoms with Crippen molar-refractivity contribution in [3.05, 3.63) is 47.7 Å². The van der Waals surface area contributed by atoms with E-state index in [0.29, 0.717) is 6.42 Å². The standard InChI is InChI=1S/C10H12O/c1-8-3-5-10(6-4-8)7-9(2)11/h3-6,11H,2,7H2,1H3. The van der Waals surface area contributed by atoms with Crippen LogP contribution in [0.2, 0.25) is 0 Å². The van der Waals surface area contributed by atoms with Gasteiger partial charge in [-0.25, -0.2) is 0 Å². The summed E-state index contributed by atoms with van der Waals surface area (Å²) in [5, 5.41) is 8.88. The van der Waals surface area contributed by atoms with Crippen molar-refractivity contribution >= 4 is 0 Å². The van der Waals surface area contributed by atoms with Gasteiger partial charge < -0.3 is 5.11 Å². The van der Waals surface area contributed by atoms with Gasteiger partial charge >= 0.3 is 0 Å². The molecule has 0 bridgehead atoms. The normalized spacial score (nSPS) is 9.55. The van der Waals surface area contributed by atoms with Gasteiger partial charge in [0.1, 0.15) is 0 Å². The van der Waals surface area contributed by atoms with E-state index in [2.05, 4.69) is 6.58 Å². The molecule has 0 spiro atoms. The van der Waals surface area contributed by atoms with Gasteiger partial charge in [-0.15, -0.1) is 0 Å². The molecule has 1 aromatic carbocycles. The molecule has 1 heteroatoms. The molecule has 0 saturated heterocycles. The zero-order chi connectivity index (χ0) is 8.27. The van der Waals surface area contributed by atoms with E-state index in [4.69, 9.17) is 5.11 Å². The van der Waals surface area contributed by atoms with Crippen LogP contribution in [-0.2, 0) is 6.42 Å². The maximum atomic E-state index is 8.88. The summed E-state index contributed by atoms with van der Waals surface area (Å²) in [5.74, 6) is 0.217. The van der Waals surface area contributed by atoms with Gasteiger partial charge in [0.05, 0.1) is 5.76 Å². The van der Waals surface area contributed by atoms with E-state index < -0.39 is 0 Å². The number of hydrogen-bond acceptors (Lipinski definition) is 1. The Morgan fingerprint density at radius 2 is 1.91 bits per heavy atom. The third-order valence-electron chi connectivity index (χ3n) is 1.53. The lowest BCUT2D eigenvalue weighted by atomic mass is 10.1. The summed E-state index contributed by atoms with van der Waals surface area (Å²) in [6.07, 6.45) is 0.556. The van der Waals surface area contributed by atoms with Crippen LogP contribution in [0, 0.1) is 6.92 Å². The van der Waals surface area contributed by atoms with Gasteiger partial charge in [-0.3, -0.25) is 0 Å². The molecule has 1 N–H and O–H groups in total. The molecule has 0 aliphatic carbocycles. The van der Waals surface area contributed by atoms with Gasteiger partial charge in [-0.1, -0.05) is 36.4 Å². The van der Waals surface area contributed by atoms with Crippen molar-refractivity contribution in [1.82, 2.24) is 0 Å². The van der Waals surface area contributed by atoms with Crippen molar-refractivity contribution in [2.45, 2.75) is 13.3 Å². The number of hydrogen-bond donors (Lipinski definition) is 1. The molecule has 0 saturated carbocycles.